The summed E-state index contributed by atoms with van der Waals surface area (Å²) in [6.07, 6.45) is 2.22. The number of hydrogen-bond donors (Lipinski definition) is 3. The Hall–Kier alpha value is -2.69. The topological polar surface area (TPSA) is 132 Å². The number of rotatable bonds is 18. The van der Waals surface area contributed by atoms with Crippen LogP contribution in [0.3, 0.4) is 0 Å². The Kier molecular flexibility index (Phi) is 14.5. The predicted octanol–water partition coefficient (Wildman–Crippen LogP) is 1.31. The molecule has 0 aliphatic carbocycles. The molecular weight excluding hydrogens is 408 g/mol. The Morgan fingerprint density at radius 1 is 0.871 bits per heavy atom. The molecule has 0 fully saturated rings. The van der Waals surface area contributed by atoms with Gasteiger partial charge in [-0.05, 0) is 30.7 Å². The minimum absolute atomic E-state index is 0.141. The van der Waals surface area contributed by atoms with Crippen molar-refractivity contribution in [2.75, 3.05) is 64.7 Å². The lowest BCUT2D eigenvalue weighted by Gasteiger charge is -2.09. The van der Waals surface area contributed by atoms with Crippen molar-refractivity contribution in [3.8, 4) is 0 Å². The van der Waals surface area contributed by atoms with Gasteiger partial charge < -0.3 is 34.7 Å². The number of carboxylic acid groups (broad SMARTS) is 1. The van der Waals surface area contributed by atoms with Gasteiger partial charge in [0.25, 0.3) is 0 Å². The summed E-state index contributed by atoms with van der Waals surface area (Å²) < 4.78 is 20.4. The minimum atomic E-state index is -1.13. The fourth-order valence-electron chi connectivity index (χ4n) is 2.28. The second kappa shape index (κ2) is 17.0. The molecule has 1 aromatic carbocycles. The Bertz CT molecular complexity index is 651. The largest absolute Gasteiger partial charge is 0.480 e. The molecule has 0 unspecified atom stereocenters. The molecule has 174 valence electrons. The average molecular weight is 440 g/mol. The first-order valence-corrected chi connectivity index (χ1v) is 10.3. The van der Waals surface area contributed by atoms with E-state index in [0.717, 1.165) is 25.1 Å². The van der Waals surface area contributed by atoms with Crippen molar-refractivity contribution in [2.45, 2.75) is 19.8 Å². The summed E-state index contributed by atoms with van der Waals surface area (Å²) in [5, 5.41) is 14.2. The molecule has 1 aromatic rings. The fourth-order valence-corrected chi connectivity index (χ4v) is 2.28. The number of hydrogen-bond acceptors (Lipinski definition) is 8. The lowest BCUT2D eigenvalue weighted by atomic mass is 10.2. The van der Waals surface area contributed by atoms with Gasteiger partial charge in [-0.15, -0.1) is 0 Å². The predicted molar refractivity (Wildman–Crippen MR) is 113 cm³/mol. The monoisotopic (exact) mass is 440 g/mol. The zero-order chi connectivity index (χ0) is 22.7. The van der Waals surface area contributed by atoms with Crippen molar-refractivity contribution < 1.29 is 38.4 Å². The maximum absolute atomic E-state index is 12.0. The second-order valence-electron chi connectivity index (χ2n) is 6.45. The molecule has 31 heavy (non-hydrogen) atoms. The quantitative estimate of drug-likeness (QED) is 0.228. The van der Waals surface area contributed by atoms with Gasteiger partial charge in [-0.3, -0.25) is 4.79 Å². The number of anilines is 1. The van der Waals surface area contributed by atoms with Gasteiger partial charge >= 0.3 is 11.9 Å². The van der Waals surface area contributed by atoms with Crippen molar-refractivity contribution in [1.82, 2.24) is 5.32 Å². The van der Waals surface area contributed by atoms with E-state index in [0.29, 0.717) is 18.8 Å². The zero-order valence-corrected chi connectivity index (χ0v) is 17.9. The van der Waals surface area contributed by atoms with Crippen LogP contribution in [0.4, 0.5) is 5.69 Å². The molecule has 1 rings (SSSR count). The SMILES string of the molecule is CCCCNc1ccc(C(=O)OCCOCCOCCNC(=O)COCC(=O)O)cc1. The fraction of sp³-hybridized carbons (Fsp3) is 0.571. The van der Waals surface area contributed by atoms with Crippen LogP contribution in [0.1, 0.15) is 30.1 Å². The maximum atomic E-state index is 12.0. The van der Waals surface area contributed by atoms with Gasteiger partial charge in [0.05, 0.1) is 32.0 Å². The van der Waals surface area contributed by atoms with Gasteiger partial charge in [-0.2, -0.15) is 0 Å². The normalized spacial score (nSPS) is 10.5. The van der Waals surface area contributed by atoms with E-state index in [9.17, 15) is 14.4 Å². The summed E-state index contributed by atoms with van der Waals surface area (Å²) in [6.45, 7) is 3.81. The van der Waals surface area contributed by atoms with Gasteiger partial charge in [0.15, 0.2) is 0 Å². The van der Waals surface area contributed by atoms with Gasteiger partial charge in [0.1, 0.15) is 19.8 Å². The first-order valence-electron chi connectivity index (χ1n) is 10.3. The van der Waals surface area contributed by atoms with E-state index in [1.165, 1.54) is 0 Å². The molecule has 0 aliphatic rings. The highest BCUT2D eigenvalue weighted by Gasteiger charge is 2.07. The summed E-state index contributed by atoms with van der Waals surface area (Å²) in [5.74, 6) is -1.94. The van der Waals surface area contributed by atoms with Crippen LogP contribution in [0.15, 0.2) is 24.3 Å². The first-order chi connectivity index (χ1) is 15.0. The van der Waals surface area contributed by atoms with E-state index in [4.69, 9.17) is 19.3 Å². The van der Waals surface area contributed by atoms with Crippen LogP contribution < -0.4 is 10.6 Å². The molecule has 10 nitrogen and oxygen atoms in total. The number of carbonyl (C=O) groups is 3. The molecule has 0 saturated heterocycles. The van der Waals surface area contributed by atoms with Crippen LogP contribution in [-0.2, 0) is 28.5 Å². The number of benzene rings is 1. The number of aliphatic carboxylic acids is 1. The summed E-state index contributed by atoms with van der Waals surface area (Å²) in [6, 6.07) is 7.15. The van der Waals surface area contributed by atoms with Crippen LogP contribution in [0, 0.1) is 0 Å². The van der Waals surface area contributed by atoms with Crippen molar-refractivity contribution in [1.29, 1.82) is 0 Å². The highest BCUT2D eigenvalue weighted by molar-refractivity contribution is 5.89. The number of amides is 1. The van der Waals surface area contributed by atoms with Crippen molar-refractivity contribution >= 4 is 23.5 Å². The van der Waals surface area contributed by atoms with Crippen LogP contribution in [-0.4, -0.2) is 82.3 Å². The number of carboxylic acids is 1. The third-order valence-corrected chi connectivity index (χ3v) is 3.84. The smallest absolute Gasteiger partial charge is 0.338 e. The Labute approximate surface area is 182 Å². The first kappa shape index (κ1) is 26.3. The number of unbranched alkanes of at least 4 members (excludes halogenated alkanes) is 1. The van der Waals surface area contributed by atoms with Crippen molar-refractivity contribution in [3.63, 3.8) is 0 Å². The van der Waals surface area contributed by atoms with Gasteiger partial charge in [0.2, 0.25) is 5.91 Å². The third-order valence-electron chi connectivity index (χ3n) is 3.84. The molecule has 3 N–H and O–H groups in total. The van der Waals surface area contributed by atoms with Crippen LogP contribution >= 0.6 is 0 Å². The lowest BCUT2D eigenvalue weighted by molar-refractivity contribution is -0.143. The summed E-state index contributed by atoms with van der Waals surface area (Å²) in [5.41, 5.74) is 1.46. The highest BCUT2D eigenvalue weighted by Crippen LogP contribution is 2.10. The number of nitrogens with one attached hydrogen (secondary N) is 2. The van der Waals surface area contributed by atoms with E-state index in [-0.39, 0.29) is 33.0 Å². The molecule has 0 aromatic heterocycles. The Balaban J connectivity index is 1.97. The van der Waals surface area contributed by atoms with Gasteiger partial charge in [0, 0.05) is 18.8 Å². The number of carbonyl (C=O) groups excluding carboxylic acids is 2. The molecule has 0 bridgehead atoms. The lowest BCUT2D eigenvalue weighted by Crippen LogP contribution is -2.31. The Morgan fingerprint density at radius 2 is 1.55 bits per heavy atom. The molecular formula is C21H32N2O8. The van der Waals surface area contributed by atoms with E-state index in [2.05, 4.69) is 22.3 Å². The van der Waals surface area contributed by atoms with Crippen molar-refractivity contribution in [3.05, 3.63) is 29.8 Å². The van der Waals surface area contributed by atoms with Crippen LogP contribution in [0.2, 0.25) is 0 Å². The van der Waals surface area contributed by atoms with Crippen LogP contribution in [0.5, 0.6) is 0 Å². The molecule has 0 aliphatic heterocycles. The molecule has 0 saturated carbocycles. The van der Waals surface area contributed by atoms with Gasteiger partial charge in [-0.1, -0.05) is 13.3 Å². The molecule has 0 spiro atoms. The van der Waals surface area contributed by atoms with Crippen molar-refractivity contribution in [2.24, 2.45) is 0 Å². The molecule has 0 atom stereocenters. The number of esters is 1. The standard InChI is InChI=1S/C21H32N2O8/c1-2-3-8-22-18-6-4-17(5-7-18)21(27)31-14-13-29-12-11-28-10-9-23-19(24)15-30-16-20(25)26/h4-7,22H,2-3,8-16H2,1H3,(H,23,24)(H,25,26). The van der Waals surface area contributed by atoms with Gasteiger partial charge in [-0.25, -0.2) is 9.59 Å². The molecule has 0 radical (unpaired) electrons. The molecule has 1 amide bonds. The molecule has 0 heterocycles. The number of ether oxygens (including phenoxy) is 4. The van der Waals surface area contributed by atoms with E-state index in [1.807, 2.05) is 12.1 Å². The highest BCUT2D eigenvalue weighted by atomic mass is 16.6. The summed E-state index contributed by atoms with van der Waals surface area (Å²) >= 11 is 0. The molecule has 10 heteroatoms. The summed E-state index contributed by atoms with van der Waals surface area (Å²) in [7, 11) is 0. The zero-order valence-electron chi connectivity index (χ0n) is 17.9. The Morgan fingerprint density at radius 3 is 2.23 bits per heavy atom. The third kappa shape index (κ3) is 14.0. The maximum Gasteiger partial charge on any atom is 0.338 e. The van der Waals surface area contributed by atoms with E-state index in [1.54, 1.807) is 12.1 Å². The average Bonchev–Trinajstić information content (AvgIpc) is 2.75. The minimum Gasteiger partial charge on any atom is -0.480 e. The summed E-state index contributed by atoms with van der Waals surface area (Å²) in [4.78, 5) is 33.5. The van der Waals surface area contributed by atoms with E-state index < -0.39 is 24.5 Å². The van der Waals surface area contributed by atoms with Crippen LogP contribution in [0.25, 0.3) is 0 Å². The second-order valence-corrected chi connectivity index (χ2v) is 6.45. The van der Waals surface area contributed by atoms with E-state index >= 15 is 0 Å².